The van der Waals surface area contributed by atoms with Crippen LogP contribution in [0.3, 0.4) is 0 Å². The molecule has 0 atom stereocenters. The van der Waals surface area contributed by atoms with Crippen LogP contribution < -0.4 is 10.6 Å². The number of halogens is 1. The van der Waals surface area contributed by atoms with E-state index in [1.807, 2.05) is 23.9 Å². The first-order valence-corrected chi connectivity index (χ1v) is 24.6. The SMILES string of the molecule is CSc1ccc2c(Br)c(-c3ccccc3)nn2c1[Si](C)(C)C.CSc1ccc2cc(-c3ccccc3)nn2c1[Si](C)(C)C. The average molecular weight is 704 g/mol. The quantitative estimate of drug-likeness (QED) is 0.128. The highest BCUT2D eigenvalue weighted by atomic mass is 79.9. The minimum atomic E-state index is -1.52. The van der Waals surface area contributed by atoms with Gasteiger partial charge in [-0.1, -0.05) is 99.9 Å². The van der Waals surface area contributed by atoms with Gasteiger partial charge in [0.15, 0.2) is 0 Å². The molecule has 0 unspecified atom stereocenters. The topological polar surface area (TPSA) is 34.6 Å². The van der Waals surface area contributed by atoms with Crippen molar-refractivity contribution in [2.75, 3.05) is 12.5 Å². The van der Waals surface area contributed by atoms with E-state index in [9.17, 15) is 0 Å². The predicted molar refractivity (Wildman–Crippen MR) is 198 cm³/mol. The molecule has 0 aliphatic heterocycles. The molecular formula is C34H39BrN4S2Si2. The fourth-order valence-corrected chi connectivity index (χ4v) is 12.6. The summed E-state index contributed by atoms with van der Waals surface area (Å²) in [7, 11) is -2.99. The van der Waals surface area contributed by atoms with E-state index >= 15 is 0 Å². The number of hydrogen-bond donors (Lipinski definition) is 0. The van der Waals surface area contributed by atoms with Crippen molar-refractivity contribution in [1.82, 2.24) is 19.2 Å². The zero-order valence-electron chi connectivity index (χ0n) is 26.1. The third kappa shape index (κ3) is 6.61. The molecule has 0 radical (unpaired) electrons. The number of nitrogens with zero attached hydrogens (tertiary/aromatic N) is 4. The fraction of sp³-hybridized carbons (Fsp3) is 0.235. The summed E-state index contributed by atoms with van der Waals surface area (Å²) < 4.78 is 5.40. The van der Waals surface area contributed by atoms with Gasteiger partial charge in [-0.2, -0.15) is 10.2 Å². The van der Waals surface area contributed by atoms with Gasteiger partial charge in [0.1, 0.15) is 21.8 Å². The smallest absolute Gasteiger partial charge is 0.108 e. The Hall–Kier alpha value is -2.57. The lowest BCUT2D eigenvalue weighted by Gasteiger charge is -2.21. The summed E-state index contributed by atoms with van der Waals surface area (Å²) in [6.45, 7) is 14.3. The minimum absolute atomic E-state index is 1.01. The van der Waals surface area contributed by atoms with Crippen LogP contribution in [-0.2, 0) is 0 Å². The van der Waals surface area contributed by atoms with Crippen molar-refractivity contribution < 1.29 is 0 Å². The van der Waals surface area contributed by atoms with Gasteiger partial charge >= 0.3 is 0 Å². The van der Waals surface area contributed by atoms with Crippen molar-refractivity contribution in [2.24, 2.45) is 0 Å². The largest absolute Gasteiger partial charge is 0.241 e. The molecule has 222 valence electrons. The van der Waals surface area contributed by atoms with E-state index in [-0.39, 0.29) is 0 Å². The third-order valence-corrected chi connectivity index (χ3v) is 13.8. The Kier molecular flexibility index (Phi) is 9.49. The van der Waals surface area contributed by atoms with Gasteiger partial charge in [-0.05, 0) is 58.8 Å². The highest BCUT2D eigenvalue weighted by Gasteiger charge is 2.27. The molecule has 0 aliphatic rings. The van der Waals surface area contributed by atoms with E-state index in [1.165, 1.54) is 31.5 Å². The van der Waals surface area contributed by atoms with Crippen molar-refractivity contribution in [2.45, 2.75) is 49.1 Å². The number of rotatable bonds is 6. The summed E-state index contributed by atoms with van der Waals surface area (Å²) in [6, 6.07) is 31.7. The molecular weight excluding hydrogens is 665 g/mol. The fourth-order valence-electron chi connectivity index (χ4n) is 5.34. The zero-order chi connectivity index (χ0) is 30.9. The van der Waals surface area contributed by atoms with Crippen LogP contribution in [0, 0.1) is 0 Å². The van der Waals surface area contributed by atoms with E-state index in [1.54, 1.807) is 11.8 Å². The molecule has 4 heterocycles. The van der Waals surface area contributed by atoms with Crippen LogP contribution in [0.5, 0.6) is 0 Å². The number of thioether (sulfide) groups is 2. The summed E-state index contributed by atoms with van der Waals surface area (Å²) in [4.78, 5) is 2.69. The molecule has 0 saturated heterocycles. The Bertz CT molecular complexity index is 1870. The molecule has 0 bridgehead atoms. The molecule has 2 aromatic carbocycles. The van der Waals surface area contributed by atoms with Gasteiger partial charge in [0.05, 0.1) is 21.2 Å². The Labute approximate surface area is 274 Å². The second-order valence-electron chi connectivity index (χ2n) is 12.6. The Morgan fingerprint density at radius 3 is 1.65 bits per heavy atom. The summed E-state index contributed by atoms with van der Waals surface area (Å²) in [5.41, 5.74) is 6.71. The van der Waals surface area contributed by atoms with Gasteiger partial charge in [0.25, 0.3) is 0 Å². The Morgan fingerprint density at radius 2 is 1.12 bits per heavy atom. The van der Waals surface area contributed by atoms with Crippen LogP contribution in [-0.4, -0.2) is 47.9 Å². The predicted octanol–water partition coefficient (Wildman–Crippen LogP) is 9.30. The van der Waals surface area contributed by atoms with Crippen molar-refractivity contribution >= 4 is 77.3 Å². The Morgan fingerprint density at radius 1 is 0.605 bits per heavy atom. The van der Waals surface area contributed by atoms with Gasteiger partial charge < -0.3 is 0 Å². The molecule has 0 spiro atoms. The first-order chi connectivity index (χ1) is 20.4. The molecule has 4 aromatic heterocycles. The molecule has 0 amide bonds. The summed E-state index contributed by atoms with van der Waals surface area (Å²) in [5.74, 6) is 0. The maximum Gasteiger partial charge on any atom is 0.108 e. The number of fused-ring (bicyclic) bond motifs is 2. The van der Waals surface area contributed by atoms with Gasteiger partial charge in [-0.3, -0.25) is 0 Å². The molecule has 0 saturated carbocycles. The monoisotopic (exact) mass is 702 g/mol. The summed E-state index contributed by atoms with van der Waals surface area (Å²) in [6.07, 6.45) is 4.29. The summed E-state index contributed by atoms with van der Waals surface area (Å²) >= 11 is 7.38. The van der Waals surface area contributed by atoms with Gasteiger partial charge in [-0.25, -0.2) is 9.03 Å². The van der Waals surface area contributed by atoms with Gasteiger partial charge in [-0.15, -0.1) is 23.5 Å². The lowest BCUT2D eigenvalue weighted by Crippen LogP contribution is -2.44. The van der Waals surface area contributed by atoms with E-state index in [4.69, 9.17) is 10.2 Å². The molecule has 0 fully saturated rings. The normalized spacial score (nSPS) is 12.0. The van der Waals surface area contributed by atoms with Crippen molar-refractivity contribution in [3.05, 3.63) is 95.5 Å². The number of benzene rings is 2. The third-order valence-electron chi connectivity index (χ3n) is 7.26. The molecule has 4 nitrogen and oxygen atoms in total. The van der Waals surface area contributed by atoms with Crippen LogP contribution in [0.15, 0.2) is 105 Å². The van der Waals surface area contributed by atoms with Crippen LogP contribution in [0.4, 0.5) is 0 Å². The first-order valence-electron chi connectivity index (χ1n) is 14.4. The van der Waals surface area contributed by atoms with E-state index in [2.05, 4.69) is 156 Å². The first kappa shape index (κ1) is 31.8. The summed E-state index contributed by atoms with van der Waals surface area (Å²) in [5, 5.41) is 12.6. The van der Waals surface area contributed by atoms with E-state index < -0.39 is 16.1 Å². The van der Waals surface area contributed by atoms with Gasteiger partial charge in [0, 0.05) is 31.6 Å². The molecule has 0 N–H and O–H groups in total. The van der Waals surface area contributed by atoms with Crippen LogP contribution in [0.1, 0.15) is 0 Å². The van der Waals surface area contributed by atoms with Crippen LogP contribution in [0.2, 0.25) is 39.3 Å². The second-order valence-corrected chi connectivity index (χ2v) is 25.0. The number of hydrogen-bond acceptors (Lipinski definition) is 4. The van der Waals surface area contributed by atoms with Crippen LogP contribution in [0.25, 0.3) is 33.5 Å². The van der Waals surface area contributed by atoms with Gasteiger partial charge in [0.2, 0.25) is 0 Å². The molecule has 43 heavy (non-hydrogen) atoms. The van der Waals surface area contributed by atoms with Crippen molar-refractivity contribution in [1.29, 1.82) is 0 Å². The highest BCUT2D eigenvalue weighted by Crippen LogP contribution is 2.32. The molecule has 6 rings (SSSR count). The molecule has 0 aliphatic carbocycles. The Balaban J connectivity index is 0.000000171. The van der Waals surface area contributed by atoms with E-state index in [0.717, 1.165) is 26.9 Å². The molecule has 9 heteroatoms. The van der Waals surface area contributed by atoms with Crippen LogP contribution >= 0.6 is 39.5 Å². The maximum atomic E-state index is 4.95. The second kappa shape index (κ2) is 12.8. The minimum Gasteiger partial charge on any atom is -0.241 e. The lowest BCUT2D eigenvalue weighted by atomic mass is 10.1. The van der Waals surface area contributed by atoms with Crippen molar-refractivity contribution in [3.63, 3.8) is 0 Å². The standard InChI is InChI=1S/C17H19BrN2SSi.C17H20N2SSi/c1-21-14-11-10-13-15(18)16(12-8-6-5-7-9-12)19-20(13)17(14)22(2,3)4;1-20-16-11-10-14-12-15(13-8-6-5-7-9-13)18-19(14)17(16)21(2,3)4/h5-11H,1-4H3;5-12H,1-4H3. The lowest BCUT2D eigenvalue weighted by molar-refractivity contribution is 0.973. The molecule has 6 aromatic rings. The average Bonchev–Trinajstić information content (AvgIpc) is 3.57. The number of pyridine rings is 2. The maximum absolute atomic E-state index is 4.95. The highest BCUT2D eigenvalue weighted by molar-refractivity contribution is 9.10. The zero-order valence-corrected chi connectivity index (χ0v) is 31.4. The van der Waals surface area contributed by atoms with E-state index in [0.29, 0.717) is 0 Å². The number of aromatic nitrogens is 4. The van der Waals surface area contributed by atoms with Crippen molar-refractivity contribution in [3.8, 4) is 22.5 Å².